The molecule has 3 rings (SSSR count). The maximum absolute atomic E-state index is 4.63. The molecule has 0 saturated heterocycles. The summed E-state index contributed by atoms with van der Waals surface area (Å²) in [6.45, 7) is 2.87. The van der Waals surface area contributed by atoms with E-state index < -0.39 is 0 Å². The maximum atomic E-state index is 4.63. The quantitative estimate of drug-likeness (QED) is 0.918. The Balaban J connectivity index is 1.61. The van der Waals surface area contributed by atoms with Crippen LogP contribution in [0.4, 0.5) is 5.95 Å². The van der Waals surface area contributed by atoms with E-state index in [4.69, 9.17) is 0 Å². The molecule has 1 aliphatic carbocycles. The Morgan fingerprint density at radius 1 is 1.29 bits per heavy atom. The number of imidazole rings is 1. The molecule has 6 heteroatoms. The summed E-state index contributed by atoms with van der Waals surface area (Å²) in [7, 11) is 1.89. The molecule has 1 saturated carbocycles. The second-order valence-electron chi connectivity index (χ2n) is 5.92. The third-order valence-corrected chi connectivity index (χ3v) is 4.10. The average Bonchev–Trinajstić information content (AvgIpc) is 3.06. The molecule has 1 fully saturated rings. The molecule has 0 aliphatic heterocycles. The van der Waals surface area contributed by atoms with Crippen LogP contribution in [0.2, 0.25) is 0 Å². The normalized spacial score (nSPS) is 16.3. The van der Waals surface area contributed by atoms with Crippen LogP contribution in [0.5, 0.6) is 0 Å². The monoisotopic (exact) mass is 288 g/mol. The minimum Gasteiger partial charge on any atom is -0.355 e. The first kappa shape index (κ1) is 14.1. The summed E-state index contributed by atoms with van der Waals surface area (Å²) >= 11 is 0. The summed E-state index contributed by atoms with van der Waals surface area (Å²) in [5, 5.41) is 7.75. The van der Waals surface area contributed by atoms with Crippen molar-refractivity contribution in [2.45, 2.75) is 51.5 Å². The van der Waals surface area contributed by atoms with E-state index in [1.54, 1.807) is 11.0 Å². The predicted molar refractivity (Wildman–Crippen MR) is 82.3 cm³/mol. The van der Waals surface area contributed by atoms with E-state index in [1.807, 2.05) is 7.05 Å². The SMILES string of the molecule is Cc1cn(C2CCCCC2)c(NCCc2ncn(C)n2)n1. The Morgan fingerprint density at radius 3 is 2.81 bits per heavy atom. The minimum absolute atomic E-state index is 0.607. The van der Waals surface area contributed by atoms with Gasteiger partial charge in [0.15, 0.2) is 5.82 Å². The Hall–Kier alpha value is -1.85. The lowest BCUT2D eigenvalue weighted by Gasteiger charge is -2.24. The summed E-state index contributed by atoms with van der Waals surface area (Å²) in [4.78, 5) is 8.88. The highest BCUT2D eigenvalue weighted by Crippen LogP contribution is 2.30. The molecule has 0 unspecified atom stereocenters. The van der Waals surface area contributed by atoms with Crippen molar-refractivity contribution in [2.24, 2.45) is 7.05 Å². The Kier molecular flexibility index (Phi) is 4.22. The lowest BCUT2D eigenvalue weighted by atomic mass is 9.95. The number of anilines is 1. The van der Waals surface area contributed by atoms with Crippen LogP contribution < -0.4 is 5.32 Å². The van der Waals surface area contributed by atoms with E-state index in [9.17, 15) is 0 Å². The van der Waals surface area contributed by atoms with Gasteiger partial charge < -0.3 is 9.88 Å². The van der Waals surface area contributed by atoms with Gasteiger partial charge in [-0.1, -0.05) is 19.3 Å². The predicted octanol–water partition coefficient (Wildman–Crippen LogP) is 2.48. The van der Waals surface area contributed by atoms with E-state index >= 15 is 0 Å². The van der Waals surface area contributed by atoms with E-state index in [1.165, 1.54) is 32.1 Å². The number of nitrogens with one attached hydrogen (secondary N) is 1. The van der Waals surface area contributed by atoms with Crippen LogP contribution >= 0.6 is 0 Å². The van der Waals surface area contributed by atoms with Gasteiger partial charge in [-0.15, -0.1) is 0 Å². The van der Waals surface area contributed by atoms with Crippen LogP contribution in [-0.2, 0) is 13.5 Å². The number of nitrogens with zero attached hydrogens (tertiary/aromatic N) is 5. The Bertz CT molecular complexity index is 579. The van der Waals surface area contributed by atoms with Gasteiger partial charge in [0, 0.05) is 32.3 Å². The molecule has 0 spiro atoms. The first-order chi connectivity index (χ1) is 10.2. The Morgan fingerprint density at radius 2 is 2.10 bits per heavy atom. The molecular weight excluding hydrogens is 264 g/mol. The van der Waals surface area contributed by atoms with Crippen molar-refractivity contribution in [3.8, 4) is 0 Å². The van der Waals surface area contributed by atoms with Crippen LogP contribution in [0, 0.1) is 6.92 Å². The van der Waals surface area contributed by atoms with Gasteiger partial charge in [0.1, 0.15) is 6.33 Å². The molecule has 0 atom stereocenters. The molecule has 114 valence electrons. The zero-order valence-electron chi connectivity index (χ0n) is 12.9. The lowest BCUT2D eigenvalue weighted by molar-refractivity contribution is 0.355. The van der Waals surface area contributed by atoms with Crippen LogP contribution in [0.15, 0.2) is 12.5 Å². The molecule has 21 heavy (non-hydrogen) atoms. The fraction of sp³-hybridized carbons (Fsp3) is 0.667. The topological polar surface area (TPSA) is 60.6 Å². The molecule has 0 aromatic carbocycles. The first-order valence-electron chi connectivity index (χ1n) is 7.86. The molecule has 1 N–H and O–H groups in total. The van der Waals surface area contributed by atoms with Crippen molar-refractivity contribution in [3.63, 3.8) is 0 Å². The minimum atomic E-state index is 0.607. The van der Waals surface area contributed by atoms with E-state index in [-0.39, 0.29) is 0 Å². The number of aromatic nitrogens is 5. The fourth-order valence-electron chi connectivity index (χ4n) is 3.07. The fourth-order valence-corrected chi connectivity index (χ4v) is 3.07. The highest BCUT2D eigenvalue weighted by Gasteiger charge is 2.18. The molecule has 1 aliphatic rings. The standard InChI is InChI=1S/C15H24N6/c1-12-10-21(13-6-4-3-5-7-13)15(18-12)16-9-8-14-17-11-20(2)19-14/h10-11,13H,3-9H2,1-2H3,(H,16,18). The largest absolute Gasteiger partial charge is 0.355 e. The molecule has 6 nitrogen and oxygen atoms in total. The second-order valence-corrected chi connectivity index (χ2v) is 5.92. The van der Waals surface area contributed by atoms with Gasteiger partial charge in [-0.3, -0.25) is 4.68 Å². The zero-order valence-corrected chi connectivity index (χ0v) is 12.9. The van der Waals surface area contributed by atoms with Crippen molar-refractivity contribution < 1.29 is 0 Å². The van der Waals surface area contributed by atoms with Crippen molar-refractivity contribution in [1.82, 2.24) is 24.3 Å². The molecular formula is C15H24N6. The molecule has 0 amide bonds. The van der Waals surface area contributed by atoms with Crippen molar-refractivity contribution >= 4 is 5.95 Å². The molecule has 2 heterocycles. The summed E-state index contributed by atoms with van der Waals surface area (Å²) in [5.74, 6) is 1.87. The smallest absolute Gasteiger partial charge is 0.203 e. The van der Waals surface area contributed by atoms with Gasteiger partial charge in [-0.2, -0.15) is 5.10 Å². The molecule has 2 aromatic rings. The zero-order chi connectivity index (χ0) is 14.7. The van der Waals surface area contributed by atoms with Gasteiger partial charge in [0.2, 0.25) is 5.95 Å². The highest BCUT2D eigenvalue weighted by molar-refractivity contribution is 5.29. The number of hydrogen-bond acceptors (Lipinski definition) is 4. The van der Waals surface area contributed by atoms with Crippen molar-refractivity contribution in [1.29, 1.82) is 0 Å². The second kappa shape index (κ2) is 6.28. The van der Waals surface area contributed by atoms with Gasteiger partial charge >= 0.3 is 0 Å². The number of aryl methyl sites for hydroxylation is 2. The van der Waals surface area contributed by atoms with E-state index in [0.717, 1.165) is 30.4 Å². The van der Waals surface area contributed by atoms with Crippen LogP contribution in [-0.4, -0.2) is 30.9 Å². The van der Waals surface area contributed by atoms with E-state index in [0.29, 0.717) is 6.04 Å². The van der Waals surface area contributed by atoms with Crippen molar-refractivity contribution in [2.75, 3.05) is 11.9 Å². The van der Waals surface area contributed by atoms with Gasteiger partial charge in [-0.25, -0.2) is 9.97 Å². The molecule has 0 radical (unpaired) electrons. The summed E-state index contributed by atoms with van der Waals surface area (Å²) in [5.41, 5.74) is 1.08. The first-order valence-corrected chi connectivity index (χ1v) is 7.86. The Labute approximate surface area is 125 Å². The summed E-state index contributed by atoms with van der Waals surface area (Å²) in [6.07, 6.45) is 11.3. The number of rotatable bonds is 5. The third kappa shape index (κ3) is 3.43. The van der Waals surface area contributed by atoms with Gasteiger partial charge in [-0.05, 0) is 19.8 Å². The lowest BCUT2D eigenvalue weighted by Crippen LogP contribution is -2.17. The highest BCUT2D eigenvalue weighted by atomic mass is 15.3. The maximum Gasteiger partial charge on any atom is 0.203 e. The van der Waals surface area contributed by atoms with Gasteiger partial charge in [0.25, 0.3) is 0 Å². The van der Waals surface area contributed by atoms with E-state index in [2.05, 4.69) is 38.1 Å². The van der Waals surface area contributed by atoms with Crippen molar-refractivity contribution in [3.05, 3.63) is 24.0 Å². The van der Waals surface area contributed by atoms with Crippen LogP contribution in [0.25, 0.3) is 0 Å². The number of hydrogen-bond donors (Lipinski definition) is 1. The van der Waals surface area contributed by atoms with Crippen LogP contribution in [0.1, 0.15) is 49.7 Å². The molecule has 2 aromatic heterocycles. The van der Waals surface area contributed by atoms with Crippen LogP contribution in [0.3, 0.4) is 0 Å². The summed E-state index contributed by atoms with van der Waals surface area (Å²) < 4.78 is 4.07. The molecule has 0 bridgehead atoms. The van der Waals surface area contributed by atoms with Gasteiger partial charge in [0.05, 0.1) is 5.69 Å². The summed E-state index contributed by atoms with van der Waals surface area (Å²) in [6, 6.07) is 0.607. The third-order valence-electron chi connectivity index (χ3n) is 4.10. The average molecular weight is 288 g/mol.